The third-order valence-electron chi connectivity index (χ3n) is 2.99. The van der Waals surface area contributed by atoms with Crippen LogP contribution in [0.4, 0.5) is 5.82 Å². The highest BCUT2D eigenvalue weighted by Crippen LogP contribution is 2.22. The maximum atomic E-state index is 4.46. The van der Waals surface area contributed by atoms with Crippen LogP contribution >= 0.6 is 15.9 Å². The lowest BCUT2D eigenvalue weighted by Gasteiger charge is -2.18. The van der Waals surface area contributed by atoms with E-state index in [-0.39, 0.29) is 5.41 Å². The molecule has 0 amide bonds. The van der Waals surface area contributed by atoms with E-state index < -0.39 is 0 Å². The number of benzene rings is 1. The van der Waals surface area contributed by atoms with Gasteiger partial charge in [0.15, 0.2) is 0 Å². The third kappa shape index (κ3) is 4.06. The number of halogens is 1. The van der Waals surface area contributed by atoms with Crippen LogP contribution in [0.25, 0.3) is 0 Å². The summed E-state index contributed by atoms with van der Waals surface area (Å²) in [4.78, 5) is 4.46. The molecule has 1 aromatic carbocycles. The molecule has 1 N–H and O–H groups in total. The van der Waals surface area contributed by atoms with Gasteiger partial charge in [0.25, 0.3) is 0 Å². The normalized spacial score (nSPS) is 11.4. The molecule has 1 heterocycles. The molecule has 1 aromatic heterocycles. The first-order valence-corrected chi connectivity index (χ1v) is 7.19. The van der Waals surface area contributed by atoms with Crippen LogP contribution in [-0.2, 0) is 12.0 Å². The molecule has 0 aliphatic carbocycles. The van der Waals surface area contributed by atoms with Crippen LogP contribution in [0.1, 0.15) is 31.9 Å². The van der Waals surface area contributed by atoms with Gasteiger partial charge in [-0.1, -0.05) is 54.9 Å². The van der Waals surface area contributed by atoms with Gasteiger partial charge in [-0.3, -0.25) is 0 Å². The van der Waals surface area contributed by atoms with Crippen molar-refractivity contribution < 1.29 is 0 Å². The second-order valence-corrected chi connectivity index (χ2v) is 6.58. The molecule has 0 fully saturated rings. The number of pyridine rings is 1. The lowest BCUT2D eigenvalue weighted by Crippen LogP contribution is -2.11. The van der Waals surface area contributed by atoms with E-state index in [1.807, 2.05) is 24.4 Å². The molecular formula is C16H19BrN2. The maximum Gasteiger partial charge on any atom is 0.126 e. The van der Waals surface area contributed by atoms with Crippen molar-refractivity contribution in [1.82, 2.24) is 4.98 Å². The highest BCUT2D eigenvalue weighted by Gasteiger charge is 2.13. The average molecular weight is 319 g/mol. The van der Waals surface area contributed by atoms with Gasteiger partial charge in [-0.05, 0) is 34.7 Å². The fourth-order valence-corrected chi connectivity index (χ4v) is 2.23. The molecule has 0 spiro atoms. The lowest BCUT2D eigenvalue weighted by molar-refractivity contribution is 0.587. The number of anilines is 1. The summed E-state index contributed by atoms with van der Waals surface area (Å²) < 4.78 is 1.10. The minimum Gasteiger partial charge on any atom is -0.366 e. The fourth-order valence-electron chi connectivity index (χ4n) is 1.78. The first kappa shape index (κ1) is 14.1. The Morgan fingerprint density at radius 1 is 1.16 bits per heavy atom. The molecule has 0 bridgehead atoms. The van der Waals surface area contributed by atoms with Crippen molar-refractivity contribution in [2.45, 2.75) is 32.7 Å². The summed E-state index contributed by atoms with van der Waals surface area (Å²) in [5, 5.41) is 3.33. The Hall–Kier alpha value is -1.35. The Morgan fingerprint density at radius 2 is 1.95 bits per heavy atom. The van der Waals surface area contributed by atoms with E-state index in [9.17, 15) is 0 Å². The Morgan fingerprint density at radius 3 is 2.53 bits per heavy atom. The molecular weight excluding hydrogens is 300 g/mol. The summed E-state index contributed by atoms with van der Waals surface area (Å²) in [6, 6.07) is 12.4. The number of hydrogen-bond donors (Lipinski definition) is 1. The maximum absolute atomic E-state index is 4.46. The van der Waals surface area contributed by atoms with E-state index in [2.05, 4.69) is 65.2 Å². The molecule has 19 heavy (non-hydrogen) atoms. The van der Waals surface area contributed by atoms with Crippen molar-refractivity contribution in [1.29, 1.82) is 0 Å². The predicted molar refractivity (Wildman–Crippen MR) is 84.4 cm³/mol. The topological polar surface area (TPSA) is 24.9 Å². The largest absolute Gasteiger partial charge is 0.366 e. The predicted octanol–water partition coefficient (Wildman–Crippen LogP) is 4.75. The van der Waals surface area contributed by atoms with Crippen LogP contribution in [0.5, 0.6) is 0 Å². The van der Waals surface area contributed by atoms with Gasteiger partial charge < -0.3 is 5.32 Å². The van der Waals surface area contributed by atoms with Crippen LogP contribution in [0.15, 0.2) is 47.1 Å². The molecule has 0 unspecified atom stereocenters. The zero-order valence-corrected chi connectivity index (χ0v) is 13.2. The Labute approximate surface area is 123 Å². The van der Waals surface area contributed by atoms with Crippen molar-refractivity contribution in [3.05, 3.63) is 58.2 Å². The van der Waals surface area contributed by atoms with E-state index in [1.54, 1.807) is 0 Å². The smallest absolute Gasteiger partial charge is 0.126 e. The van der Waals surface area contributed by atoms with Gasteiger partial charge in [-0.15, -0.1) is 0 Å². The minimum absolute atomic E-state index is 0.149. The summed E-state index contributed by atoms with van der Waals surface area (Å²) in [6.07, 6.45) is 1.95. The second-order valence-electron chi connectivity index (χ2n) is 5.67. The molecule has 2 aromatic rings. The van der Waals surface area contributed by atoms with Crippen LogP contribution in [-0.4, -0.2) is 4.98 Å². The minimum atomic E-state index is 0.149. The summed E-state index contributed by atoms with van der Waals surface area (Å²) in [6.45, 7) is 7.36. The van der Waals surface area contributed by atoms with Crippen molar-refractivity contribution >= 4 is 21.7 Å². The second kappa shape index (κ2) is 5.74. The van der Waals surface area contributed by atoms with Crippen LogP contribution < -0.4 is 5.32 Å². The van der Waals surface area contributed by atoms with E-state index in [1.165, 1.54) is 11.1 Å². The zero-order valence-electron chi connectivity index (χ0n) is 11.6. The van der Waals surface area contributed by atoms with Gasteiger partial charge >= 0.3 is 0 Å². The molecule has 0 atom stereocenters. The van der Waals surface area contributed by atoms with Crippen LogP contribution in [0.2, 0.25) is 0 Å². The summed E-state index contributed by atoms with van der Waals surface area (Å²) in [5.41, 5.74) is 2.63. The van der Waals surface area contributed by atoms with E-state index in [0.29, 0.717) is 0 Å². The molecule has 0 saturated carbocycles. The molecule has 0 radical (unpaired) electrons. The van der Waals surface area contributed by atoms with Gasteiger partial charge in [0.1, 0.15) is 5.82 Å². The Balaban J connectivity index is 2.01. The molecule has 2 nitrogen and oxygen atoms in total. The van der Waals surface area contributed by atoms with Gasteiger partial charge in [0, 0.05) is 17.2 Å². The summed E-state index contributed by atoms with van der Waals surface area (Å²) in [7, 11) is 0. The lowest BCUT2D eigenvalue weighted by atomic mass is 9.88. The third-order valence-corrected chi connectivity index (χ3v) is 3.49. The SMILES string of the molecule is CC(C)(C)c1ccc(NCc2cccc(Br)c2)nc1. The molecule has 0 aliphatic rings. The Kier molecular flexibility index (Phi) is 4.25. The van der Waals surface area contributed by atoms with Crippen molar-refractivity contribution in [3.63, 3.8) is 0 Å². The first-order chi connectivity index (χ1) is 8.95. The number of rotatable bonds is 3. The van der Waals surface area contributed by atoms with Gasteiger partial charge in [-0.25, -0.2) is 4.98 Å². The molecule has 100 valence electrons. The van der Waals surface area contributed by atoms with Gasteiger partial charge in [-0.2, -0.15) is 0 Å². The molecule has 3 heteroatoms. The van der Waals surface area contributed by atoms with Gasteiger partial charge in [0.2, 0.25) is 0 Å². The number of aromatic nitrogens is 1. The molecule has 0 aliphatic heterocycles. The Bertz CT molecular complexity index is 541. The van der Waals surface area contributed by atoms with E-state index >= 15 is 0 Å². The van der Waals surface area contributed by atoms with E-state index in [0.717, 1.165) is 16.8 Å². The van der Waals surface area contributed by atoms with Crippen LogP contribution in [0.3, 0.4) is 0 Å². The zero-order chi connectivity index (χ0) is 13.9. The standard InChI is InChI=1S/C16H19BrN2/c1-16(2,3)13-7-8-15(19-11-13)18-10-12-5-4-6-14(17)9-12/h4-9,11H,10H2,1-3H3,(H,18,19). The number of nitrogens with one attached hydrogen (secondary N) is 1. The highest BCUT2D eigenvalue weighted by molar-refractivity contribution is 9.10. The number of hydrogen-bond acceptors (Lipinski definition) is 2. The molecule has 0 saturated heterocycles. The quantitative estimate of drug-likeness (QED) is 0.883. The summed E-state index contributed by atoms with van der Waals surface area (Å²) >= 11 is 3.48. The van der Waals surface area contributed by atoms with Crippen LogP contribution in [0, 0.1) is 0 Å². The van der Waals surface area contributed by atoms with Crippen molar-refractivity contribution in [2.24, 2.45) is 0 Å². The molecule has 2 rings (SSSR count). The summed E-state index contributed by atoms with van der Waals surface area (Å²) in [5.74, 6) is 0.910. The van der Waals surface area contributed by atoms with Crippen molar-refractivity contribution in [3.8, 4) is 0 Å². The van der Waals surface area contributed by atoms with E-state index in [4.69, 9.17) is 0 Å². The van der Waals surface area contributed by atoms with Gasteiger partial charge in [0.05, 0.1) is 0 Å². The highest BCUT2D eigenvalue weighted by atomic mass is 79.9. The number of nitrogens with zero attached hydrogens (tertiary/aromatic N) is 1. The van der Waals surface area contributed by atoms with Crippen molar-refractivity contribution in [2.75, 3.05) is 5.32 Å². The monoisotopic (exact) mass is 318 g/mol. The average Bonchev–Trinajstić information content (AvgIpc) is 2.36. The first-order valence-electron chi connectivity index (χ1n) is 6.40. The fraction of sp³-hybridized carbons (Fsp3) is 0.312.